The van der Waals surface area contributed by atoms with Crippen LogP contribution >= 0.6 is 27.5 Å². The second-order valence-electron chi connectivity index (χ2n) is 10.7. The van der Waals surface area contributed by atoms with Gasteiger partial charge in [-0.3, -0.25) is 9.59 Å². The number of carbonyl (C=O) groups excluding carboxylic acids is 3. The Bertz CT molecular complexity index is 1210. The van der Waals surface area contributed by atoms with E-state index in [0.29, 0.717) is 22.7 Å². The zero-order valence-electron chi connectivity index (χ0n) is 20.4. The minimum absolute atomic E-state index is 0.269. The Kier molecular flexibility index (Phi) is 6.43. The molecule has 2 heterocycles. The van der Waals surface area contributed by atoms with Crippen LogP contribution in [0.5, 0.6) is 0 Å². The van der Waals surface area contributed by atoms with E-state index in [1.54, 1.807) is 26.2 Å². The van der Waals surface area contributed by atoms with Crippen LogP contribution < -0.4 is 11.1 Å². The average Bonchev–Trinajstić information content (AvgIpc) is 3.18. The minimum atomic E-state index is -1.25. The molecule has 9 heteroatoms. The molecule has 2 aromatic rings. The number of amides is 4. The van der Waals surface area contributed by atoms with E-state index in [-0.39, 0.29) is 17.2 Å². The summed E-state index contributed by atoms with van der Waals surface area (Å²) < 4.78 is 0.806. The molecule has 186 valence electrons. The molecule has 1 fully saturated rings. The Labute approximate surface area is 219 Å². The van der Waals surface area contributed by atoms with Crippen molar-refractivity contribution in [2.45, 2.75) is 50.6 Å². The summed E-state index contributed by atoms with van der Waals surface area (Å²) in [7, 11) is 3.29. The fourth-order valence-electron chi connectivity index (χ4n) is 5.80. The van der Waals surface area contributed by atoms with Crippen molar-refractivity contribution in [1.82, 2.24) is 9.80 Å². The van der Waals surface area contributed by atoms with E-state index in [9.17, 15) is 14.4 Å². The van der Waals surface area contributed by atoms with Crippen LogP contribution in [0.15, 0.2) is 46.9 Å². The second kappa shape index (κ2) is 8.82. The van der Waals surface area contributed by atoms with Crippen LogP contribution in [0, 0.1) is 5.41 Å². The van der Waals surface area contributed by atoms with Crippen LogP contribution in [-0.4, -0.2) is 53.8 Å². The van der Waals surface area contributed by atoms with E-state index in [1.165, 1.54) is 9.80 Å². The van der Waals surface area contributed by atoms with Gasteiger partial charge in [-0.15, -0.1) is 0 Å². The molecule has 0 radical (unpaired) electrons. The molecule has 2 aliphatic heterocycles. The summed E-state index contributed by atoms with van der Waals surface area (Å²) in [4.78, 5) is 43.9. The highest BCUT2D eigenvalue weighted by molar-refractivity contribution is 9.10. The molecule has 0 bridgehead atoms. The summed E-state index contributed by atoms with van der Waals surface area (Å²) in [5, 5.41) is 3.49. The zero-order chi connectivity index (χ0) is 25.9. The summed E-state index contributed by atoms with van der Waals surface area (Å²) >= 11 is 9.82. The predicted octanol–water partition coefficient (Wildman–Crippen LogP) is 4.73. The van der Waals surface area contributed by atoms with Gasteiger partial charge in [0.1, 0.15) is 11.5 Å². The Morgan fingerprint density at radius 3 is 2.46 bits per heavy atom. The van der Waals surface area contributed by atoms with Gasteiger partial charge in [0.2, 0.25) is 11.8 Å². The van der Waals surface area contributed by atoms with Crippen LogP contribution in [0.4, 0.5) is 10.5 Å². The second-order valence-corrected chi connectivity index (χ2v) is 12.1. The van der Waals surface area contributed by atoms with Crippen molar-refractivity contribution >= 4 is 51.1 Å². The van der Waals surface area contributed by atoms with Crippen molar-refractivity contribution in [2.24, 2.45) is 11.1 Å². The number of hydrogen-bond donors (Lipinski definition) is 2. The molecule has 0 unspecified atom stereocenters. The van der Waals surface area contributed by atoms with Gasteiger partial charge in [-0.25, -0.2) is 4.79 Å². The van der Waals surface area contributed by atoms with E-state index in [0.717, 1.165) is 10.0 Å². The van der Waals surface area contributed by atoms with E-state index < -0.39 is 29.4 Å². The van der Waals surface area contributed by atoms with Gasteiger partial charge >= 0.3 is 6.03 Å². The maximum Gasteiger partial charge on any atom is 0.315 e. The van der Waals surface area contributed by atoms with Gasteiger partial charge in [-0.1, -0.05) is 66.5 Å². The molecule has 0 saturated carbocycles. The standard InChI is InChI=1S/C26H30BrClN4O3/c1-25(2,3)13-19-26(17-10-9-16(28)12-18(17)30-23(26)34)20(14-7-6-8-15(27)11-14)21(22(33)31(4)5)32(19)24(29)35/h6-12,19-21H,13H2,1-5H3,(H2,29,35)(H,30,34)/t19-,20+,21-,26+/m1/s1. The quantitative estimate of drug-likeness (QED) is 0.567. The van der Waals surface area contributed by atoms with E-state index in [2.05, 4.69) is 21.2 Å². The van der Waals surface area contributed by atoms with Gasteiger partial charge in [-0.2, -0.15) is 0 Å². The smallest absolute Gasteiger partial charge is 0.315 e. The van der Waals surface area contributed by atoms with Gasteiger partial charge in [0.15, 0.2) is 0 Å². The molecule has 2 aromatic carbocycles. The van der Waals surface area contributed by atoms with E-state index >= 15 is 0 Å². The number of nitrogens with zero attached hydrogens (tertiary/aromatic N) is 2. The highest BCUT2D eigenvalue weighted by atomic mass is 79.9. The number of anilines is 1. The number of halogens is 2. The third-order valence-electron chi connectivity index (χ3n) is 6.98. The molecule has 4 amide bonds. The van der Waals surface area contributed by atoms with Gasteiger partial charge in [0, 0.05) is 35.2 Å². The van der Waals surface area contributed by atoms with Crippen molar-refractivity contribution in [2.75, 3.05) is 19.4 Å². The molecule has 1 spiro atoms. The predicted molar refractivity (Wildman–Crippen MR) is 140 cm³/mol. The molecule has 1 saturated heterocycles. The first kappa shape index (κ1) is 25.5. The Balaban J connectivity index is 2.13. The summed E-state index contributed by atoms with van der Waals surface area (Å²) in [6.07, 6.45) is 0.452. The number of primary amides is 1. The van der Waals surface area contributed by atoms with Gasteiger partial charge in [-0.05, 0) is 47.2 Å². The summed E-state index contributed by atoms with van der Waals surface area (Å²) in [5.41, 5.74) is 6.54. The van der Waals surface area contributed by atoms with Gasteiger partial charge < -0.3 is 20.9 Å². The molecule has 0 aliphatic carbocycles. The Morgan fingerprint density at radius 2 is 1.89 bits per heavy atom. The average molecular weight is 562 g/mol. The Morgan fingerprint density at radius 1 is 1.20 bits per heavy atom. The number of likely N-dealkylation sites (tertiary alicyclic amines) is 1. The lowest BCUT2D eigenvalue weighted by molar-refractivity contribution is -0.133. The van der Waals surface area contributed by atoms with Crippen LogP contribution in [0.25, 0.3) is 0 Å². The minimum Gasteiger partial charge on any atom is -0.351 e. The van der Waals surface area contributed by atoms with Gasteiger partial charge in [0.05, 0.1) is 6.04 Å². The number of urea groups is 1. The van der Waals surface area contributed by atoms with Crippen molar-refractivity contribution in [1.29, 1.82) is 0 Å². The number of benzene rings is 2. The lowest BCUT2D eigenvalue weighted by atomic mass is 9.62. The summed E-state index contributed by atoms with van der Waals surface area (Å²) in [6.45, 7) is 6.14. The van der Waals surface area contributed by atoms with Crippen molar-refractivity contribution in [3.05, 3.63) is 63.1 Å². The number of nitrogens with two attached hydrogens (primary N) is 1. The molecule has 4 rings (SSSR count). The zero-order valence-corrected chi connectivity index (χ0v) is 22.8. The number of carbonyl (C=O) groups is 3. The normalized spacial score (nSPS) is 25.5. The molecule has 4 atom stereocenters. The fourth-order valence-corrected chi connectivity index (χ4v) is 6.39. The number of likely N-dealkylation sites (N-methyl/N-ethyl adjacent to an activating group) is 1. The molecular formula is C26H30BrClN4O3. The van der Waals surface area contributed by atoms with Crippen molar-refractivity contribution in [3.63, 3.8) is 0 Å². The summed E-state index contributed by atoms with van der Waals surface area (Å²) in [6, 6.07) is 10.5. The molecular weight excluding hydrogens is 532 g/mol. The number of rotatable bonds is 3. The van der Waals surface area contributed by atoms with Crippen LogP contribution in [0.3, 0.4) is 0 Å². The van der Waals surface area contributed by atoms with E-state index in [1.807, 2.05) is 51.1 Å². The molecule has 2 aliphatic rings. The van der Waals surface area contributed by atoms with E-state index in [4.69, 9.17) is 17.3 Å². The SMILES string of the molecule is CN(C)C(=O)[C@H]1[C@H](c2cccc(Br)c2)[C@@]2(C(=O)Nc3cc(Cl)ccc32)[C@@H](CC(C)(C)C)N1C(N)=O. The van der Waals surface area contributed by atoms with Crippen LogP contribution in [0.1, 0.15) is 44.2 Å². The number of nitrogens with one attached hydrogen (secondary N) is 1. The lowest BCUT2D eigenvalue weighted by Gasteiger charge is -2.39. The number of hydrogen-bond acceptors (Lipinski definition) is 3. The number of fused-ring (bicyclic) bond motifs is 2. The first-order valence-electron chi connectivity index (χ1n) is 11.4. The molecule has 3 N–H and O–H groups in total. The van der Waals surface area contributed by atoms with Gasteiger partial charge in [0.25, 0.3) is 0 Å². The first-order valence-corrected chi connectivity index (χ1v) is 12.6. The van der Waals surface area contributed by atoms with Crippen LogP contribution in [0.2, 0.25) is 5.02 Å². The third-order valence-corrected chi connectivity index (χ3v) is 7.71. The van der Waals surface area contributed by atoms with Crippen LogP contribution in [-0.2, 0) is 15.0 Å². The largest absolute Gasteiger partial charge is 0.351 e. The molecule has 0 aromatic heterocycles. The van der Waals surface area contributed by atoms with Crippen molar-refractivity contribution < 1.29 is 14.4 Å². The molecule has 7 nitrogen and oxygen atoms in total. The lowest BCUT2D eigenvalue weighted by Crippen LogP contribution is -2.54. The Hall–Kier alpha value is -2.58. The summed E-state index contributed by atoms with van der Waals surface area (Å²) in [5.74, 6) is -1.24. The first-order chi connectivity index (χ1) is 16.3. The highest BCUT2D eigenvalue weighted by Crippen LogP contribution is 2.60. The third kappa shape index (κ3) is 4.10. The maximum absolute atomic E-state index is 14.2. The fraction of sp³-hybridized carbons (Fsp3) is 0.423. The van der Waals surface area contributed by atoms with Crippen molar-refractivity contribution in [3.8, 4) is 0 Å². The maximum atomic E-state index is 14.2. The monoisotopic (exact) mass is 560 g/mol. The molecule has 35 heavy (non-hydrogen) atoms. The highest BCUT2D eigenvalue weighted by Gasteiger charge is 2.69. The topological polar surface area (TPSA) is 95.7 Å².